The van der Waals surface area contributed by atoms with Crippen LogP contribution in [0.1, 0.15) is 5.56 Å². The Balaban J connectivity index is 2.89. The summed E-state index contributed by atoms with van der Waals surface area (Å²) in [5.74, 6) is 0.0154. The molecule has 17 heavy (non-hydrogen) atoms. The zero-order valence-electron chi connectivity index (χ0n) is 9.97. The Morgan fingerprint density at radius 1 is 1.29 bits per heavy atom. The lowest BCUT2D eigenvalue weighted by Crippen LogP contribution is -2.22. The fourth-order valence-corrected chi connectivity index (χ4v) is 2.65. The molecule has 0 atom stereocenters. The number of rotatable bonds is 5. The van der Waals surface area contributed by atoms with Crippen LogP contribution in [-0.2, 0) is 9.84 Å². The molecule has 0 radical (unpaired) electrons. The van der Waals surface area contributed by atoms with Crippen molar-refractivity contribution in [2.45, 2.75) is 4.90 Å². The molecule has 6 heteroatoms. The maximum Gasteiger partial charge on any atom is 0.179 e. The number of hydrogen-bond donors (Lipinski definition) is 2. The Morgan fingerprint density at radius 2 is 1.82 bits per heavy atom. The summed E-state index contributed by atoms with van der Waals surface area (Å²) in [6.45, 7) is 0.483. The summed E-state index contributed by atoms with van der Waals surface area (Å²) in [4.78, 5) is 2.09. The van der Waals surface area contributed by atoms with E-state index in [0.717, 1.165) is 0 Å². The van der Waals surface area contributed by atoms with E-state index < -0.39 is 9.84 Å². The minimum absolute atomic E-state index is 0.0674. The summed E-state index contributed by atoms with van der Waals surface area (Å²) in [6.07, 6.45) is 0. The lowest BCUT2D eigenvalue weighted by atomic mass is 10.2. The Hall–Kier alpha value is -1.40. The first-order valence-corrected chi connectivity index (χ1v) is 6.80. The van der Waals surface area contributed by atoms with Crippen molar-refractivity contribution in [2.24, 2.45) is 5.73 Å². The number of nitrogens with two attached hydrogens (primary N) is 1. The molecule has 1 rings (SSSR count). The molecule has 0 fully saturated rings. The van der Waals surface area contributed by atoms with Gasteiger partial charge < -0.3 is 10.6 Å². The average Bonchev–Trinajstić information content (AvgIpc) is 2.27. The summed E-state index contributed by atoms with van der Waals surface area (Å²) >= 11 is 0. The fraction of sp³-hybridized carbons (Fsp3) is 0.364. The number of nitrogens with zero attached hydrogens (tertiary/aromatic N) is 1. The molecule has 0 heterocycles. The van der Waals surface area contributed by atoms with Crippen molar-refractivity contribution in [3.8, 4) is 0 Å². The summed E-state index contributed by atoms with van der Waals surface area (Å²) in [6, 6.07) is 6.07. The zero-order valence-corrected chi connectivity index (χ0v) is 10.8. The van der Waals surface area contributed by atoms with E-state index in [1.165, 1.54) is 12.1 Å². The highest BCUT2D eigenvalue weighted by Gasteiger charge is 2.14. The first-order chi connectivity index (χ1) is 7.83. The van der Waals surface area contributed by atoms with Gasteiger partial charge in [0.15, 0.2) is 9.84 Å². The van der Waals surface area contributed by atoms with Crippen LogP contribution in [0.3, 0.4) is 0 Å². The summed E-state index contributed by atoms with van der Waals surface area (Å²) in [5.41, 5.74) is 5.82. The first kappa shape index (κ1) is 13.7. The second-order valence-corrected chi connectivity index (χ2v) is 6.17. The third-order valence-electron chi connectivity index (χ3n) is 2.33. The number of benzene rings is 1. The van der Waals surface area contributed by atoms with Gasteiger partial charge in [0.05, 0.1) is 10.6 Å². The second-order valence-electron chi connectivity index (χ2n) is 4.06. The molecule has 0 saturated heterocycles. The monoisotopic (exact) mass is 255 g/mol. The Labute approximate surface area is 102 Å². The van der Waals surface area contributed by atoms with Crippen LogP contribution >= 0.6 is 0 Å². The molecule has 0 aliphatic carbocycles. The van der Waals surface area contributed by atoms with E-state index >= 15 is 0 Å². The molecule has 3 N–H and O–H groups in total. The summed E-state index contributed by atoms with van der Waals surface area (Å²) in [7, 11) is 0.405. The molecule has 94 valence electrons. The Bertz CT molecular complexity index is 492. The van der Waals surface area contributed by atoms with Crippen molar-refractivity contribution in [1.29, 1.82) is 5.41 Å². The zero-order chi connectivity index (χ0) is 13.1. The van der Waals surface area contributed by atoms with Gasteiger partial charge in [0.25, 0.3) is 0 Å². The highest BCUT2D eigenvalue weighted by molar-refractivity contribution is 7.91. The number of hydrogen-bond acceptors (Lipinski definition) is 4. The molecular formula is C11H17N3O2S. The SMILES string of the molecule is CN(C)CCS(=O)(=O)c1ccc(C(=N)N)cc1. The lowest BCUT2D eigenvalue weighted by molar-refractivity contribution is 0.432. The first-order valence-electron chi connectivity index (χ1n) is 5.15. The molecule has 0 amide bonds. The standard InChI is InChI=1S/C11H17N3O2S/c1-14(2)7-8-17(15,16)10-5-3-9(4-6-10)11(12)13/h3-6H,7-8H2,1-2H3,(H3,12,13). The van der Waals surface area contributed by atoms with E-state index in [4.69, 9.17) is 11.1 Å². The maximum atomic E-state index is 11.9. The molecule has 0 spiro atoms. The van der Waals surface area contributed by atoms with Gasteiger partial charge in [-0.05, 0) is 26.2 Å². The van der Waals surface area contributed by atoms with Crippen molar-refractivity contribution in [3.05, 3.63) is 29.8 Å². The summed E-state index contributed by atoms with van der Waals surface area (Å²) in [5, 5.41) is 7.22. The van der Waals surface area contributed by atoms with Crippen molar-refractivity contribution >= 4 is 15.7 Å². The number of amidine groups is 1. The van der Waals surface area contributed by atoms with E-state index in [2.05, 4.69) is 0 Å². The van der Waals surface area contributed by atoms with Gasteiger partial charge in [0.1, 0.15) is 5.84 Å². The van der Waals surface area contributed by atoms with E-state index in [-0.39, 0.29) is 16.5 Å². The smallest absolute Gasteiger partial charge is 0.179 e. The number of nitrogen functional groups attached to an aromatic ring is 1. The molecule has 0 aliphatic rings. The fourth-order valence-electron chi connectivity index (χ4n) is 1.26. The molecule has 0 bridgehead atoms. The van der Waals surface area contributed by atoms with Gasteiger partial charge in [-0.3, -0.25) is 5.41 Å². The molecule has 0 aliphatic heterocycles. The quantitative estimate of drug-likeness (QED) is 0.585. The maximum absolute atomic E-state index is 11.9. The van der Waals surface area contributed by atoms with E-state index in [9.17, 15) is 8.42 Å². The van der Waals surface area contributed by atoms with Crippen LogP contribution in [-0.4, -0.2) is 45.5 Å². The van der Waals surface area contributed by atoms with Crippen LogP contribution in [0.25, 0.3) is 0 Å². The lowest BCUT2D eigenvalue weighted by Gasteiger charge is -2.10. The minimum Gasteiger partial charge on any atom is -0.384 e. The molecular weight excluding hydrogens is 238 g/mol. The highest BCUT2D eigenvalue weighted by atomic mass is 32.2. The van der Waals surface area contributed by atoms with E-state index in [1.807, 2.05) is 19.0 Å². The van der Waals surface area contributed by atoms with Gasteiger partial charge in [-0.15, -0.1) is 0 Å². The van der Waals surface area contributed by atoms with E-state index in [0.29, 0.717) is 12.1 Å². The predicted octanol–water partition coefficient (Wildman–Crippen LogP) is 0.306. The molecule has 1 aromatic carbocycles. The van der Waals surface area contributed by atoms with Crippen LogP contribution in [0.15, 0.2) is 29.2 Å². The van der Waals surface area contributed by atoms with Gasteiger partial charge in [-0.2, -0.15) is 0 Å². The van der Waals surface area contributed by atoms with Gasteiger partial charge in [0, 0.05) is 12.1 Å². The Morgan fingerprint density at radius 3 is 2.24 bits per heavy atom. The summed E-state index contributed by atoms with van der Waals surface area (Å²) < 4.78 is 23.8. The van der Waals surface area contributed by atoms with Crippen LogP contribution in [0.4, 0.5) is 0 Å². The number of nitrogens with one attached hydrogen (secondary N) is 1. The predicted molar refractivity (Wildman–Crippen MR) is 68.1 cm³/mol. The molecule has 5 nitrogen and oxygen atoms in total. The second kappa shape index (κ2) is 5.29. The molecule has 0 saturated carbocycles. The van der Waals surface area contributed by atoms with Crippen LogP contribution in [0.2, 0.25) is 0 Å². The van der Waals surface area contributed by atoms with Crippen molar-refractivity contribution < 1.29 is 8.42 Å². The third-order valence-corrected chi connectivity index (χ3v) is 4.04. The largest absolute Gasteiger partial charge is 0.384 e. The topological polar surface area (TPSA) is 87.2 Å². The van der Waals surface area contributed by atoms with Crippen LogP contribution in [0.5, 0.6) is 0 Å². The van der Waals surface area contributed by atoms with E-state index in [1.54, 1.807) is 12.1 Å². The van der Waals surface area contributed by atoms with Gasteiger partial charge >= 0.3 is 0 Å². The van der Waals surface area contributed by atoms with Crippen molar-refractivity contribution in [2.75, 3.05) is 26.4 Å². The van der Waals surface area contributed by atoms with Crippen molar-refractivity contribution in [3.63, 3.8) is 0 Å². The third kappa shape index (κ3) is 3.83. The highest BCUT2D eigenvalue weighted by Crippen LogP contribution is 2.12. The van der Waals surface area contributed by atoms with Crippen LogP contribution < -0.4 is 5.73 Å². The van der Waals surface area contributed by atoms with Crippen LogP contribution in [0, 0.1) is 5.41 Å². The molecule has 0 unspecified atom stereocenters. The van der Waals surface area contributed by atoms with Crippen molar-refractivity contribution in [1.82, 2.24) is 4.90 Å². The van der Waals surface area contributed by atoms with Gasteiger partial charge in [-0.25, -0.2) is 8.42 Å². The van der Waals surface area contributed by atoms with Gasteiger partial charge in [0.2, 0.25) is 0 Å². The Kier molecular flexibility index (Phi) is 4.25. The van der Waals surface area contributed by atoms with Gasteiger partial charge in [-0.1, -0.05) is 12.1 Å². The molecule has 1 aromatic rings. The number of sulfone groups is 1. The average molecular weight is 255 g/mol. The normalized spacial score (nSPS) is 11.7. The molecule has 0 aromatic heterocycles. The minimum atomic E-state index is -3.25.